The van der Waals surface area contributed by atoms with Crippen LogP contribution in [0.5, 0.6) is 5.75 Å². The zero-order valence-electron chi connectivity index (χ0n) is 9.13. The Morgan fingerprint density at radius 3 is 2.65 bits per heavy atom. The van der Waals surface area contributed by atoms with Gasteiger partial charge in [-0.1, -0.05) is 15.9 Å². The van der Waals surface area contributed by atoms with Gasteiger partial charge >= 0.3 is 5.97 Å². The topological polar surface area (TPSA) is 35.5 Å². The van der Waals surface area contributed by atoms with E-state index in [0.29, 0.717) is 29.0 Å². The molecule has 1 aromatic carbocycles. The van der Waals surface area contributed by atoms with Crippen molar-refractivity contribution in [2.75, 3.05) is 18.5 Å². The first kappa shape index (κ1) is 15.0. The molecular weight excluding hydrogens is 420 g/mol. The van der Waals surface area contributed by atoms with Crippen LogP contribution in [-0.2, 0) is 4.74 Å². The maximum atomic E-state index is 11.7. The van der Waals surface area contributed by atoms with Crippen LogP contribution in [0.25, 0.3) is 0 Å². The highest BCUT2D eigenvalue weighted by Gasteiger charge is 2.17. The molecule has 0 N–H and O–H groups in total. The maximum Gasteiger partial charge on any atom is 0.339 e. The molecule has 0 amide bonds. The second-order valence-electron chi connectivity index (χ2n) is 3.00. The van der Waals surface area contributed by atoms with Gasteiger partial charge in [-0.3, -0.25) is 0 Å². The fraction of sp³-hybridized carbons (Fsp3) is 0.364. The SMILES string of the molecule is CCOC(=O)c1ccc(Br)c(OCCBr)c1Br. The molecular formula is C11H11Br3O3. The van der Waals surface area contributed by atoms with E-state index in [1.807, 2.05) is 0 Å². The van der Waals surface area contributed by atoms with E-state index in [0.717, 1.165) is 9.80 Å². The minimum atomic E-state index is -0.365. The average molecular weight is 431 g/mol. The van der Waals surface area contributed by atoms with Crippen LogP contribution in [0, 0.1) is 0 Å². The van der Waals surface area contributed by atoms with Gasteiger partial charge in [-0.05, 0) is 50.9 Å². The first-order valence-electron chi connectivity index (χ1n) is 4.95. The number of benzene rings is 1. The zero-order valence-corrected chi connectivity index (χ0v) is 13.9. The van der Waals surface area contributed by atoms with E-state index >= 15 is 0 Å². The second-order valence-corrected chi connectivity index (χ2v) is 5.44. The third-order valence-corrected chi connectivity index (χ3v) is 3.60. The van der Waals surface area contributed by atoms with Crippen LogP contribution < -0.4 is 4.74 Å². The number of hydrogen-bond donors (Lipinski definition) is 0. The number of carbonyl (C=O) groups is 1. The number of ether oxygens (including phenoxy) is 2. The molecule has 0 saturated carbocycles. The van der Waals surface area contributed by atoms with Gasteiger partial charge in [0.1, 0.15) is 5.75 Å². The Hall–Kier alpha value is -0.0700. The van der Waals surface area contributed by atoms with Gasteiger partial charge in [0, 0.05) is 5.33 Å². The van der Waals surface area contributed by atoms with Gasteiger partial charge in [-0.15, -0.1) is 0 Å². The highest BCUT2D eigenvalue weighted by atomic mass is 79.9. The third-order valence-electron chi connectivity index (χ3n) is 1.87. The molecule has 0 aliphatic heterocycles. The van der Waals surface area contributed by atoms with Gasteiger partial charge in [-0.25, -0.2) is 4.79 Å². The minimum Gasteiger partial charge on any atom is -0.490 e. The lowest BCUT2D eigenvalue weighted by Crippen LogP contribution is -2.07. The van der Waals surface area contributed by atoms with E-state index < -0.39 is 0 Å². The van der Waals surface area contributed by atoms with E-state index in [-0.39, 0.29) is 5.97 Å². The molecule has 0 heterocycles. The summed E-state index contributed by atoms with van der Waals surface area (Å²) in [5, 5.41) is 0.718. The molecule has 94 valence electrons. The normalized spacial score (nSPS) is 10.1. The lowest BCUT2D eigenvalue weighted by molar-refractivity contribution is 0.0524. The van der Waals surface area contributed by atoms with Crippen molar-refractivity contribution in [3.63, 3.8) is 0 Å². The van der Waals surface area contributed by atoms with Gasteiger partial charge in [0.2, 0.25) is 0 Å². The molecule has 1 rings (SSSR count). The molecule has 17 heavy (non-hydrogen) atoms. The lowest BCUT2D eigenvalue weighted by atomic mass is 10.2. The second kappa shape index (κ2) is 7.38. The molecule has 0 unspecified atom stereocenters. The number of halogens is 3. The Kier molecular flexibility index (Phi) is 6.51. The quantitative estimate of drug-likeness (QED) is 0.519. The summed E-state index contributed by atoms with van der Waals surface area (Å²) < 4.78 is 11.9. The van der Waals surface area contributed by atoms with Crippen LogP contribution in [0.3, 0.4) is 0 Å². The summed E-state index contributed by atoms with van der Waals surface area (Å²) in [5.74, 6) is 0.241. The first-order chi connectivity index (χ1) is 8.11. The van der Waals surface area contributed by atoms with Crippen molar-refractivity contribution < 1.29 is 14.3 Å². The number of hydrogen-bond acceptors (Lipinski definition) is 3. The molecule has 0 radical (unpaired) electrons. The Balaban J connectivity index is 3.05. The van der Waals surface area contributed by atoms with Crippen LogP contribution in [0.2, 0.25) is 0 Å². The molecule has 0 saturated heterocycles. The Morgan fingerprint density at radius 1 is 1.35 bits per heavy atom. The molecule has 3 nitrogen and oxygen atoms in total. The number of esters is 1. The first-order valence-corrected chi connectivity index (χ1v) is 7.66. The summed E-state index contributed by atoms with van der Waals surface area (Å²) in [7, 11) is 0. The van der Waals surface area contributed by atoms with E-state index in [1.54, 1.807) is 19.1 Å². The van der Waals surface area contributed by atoms with Gasteiger partial charge < -0.3 is 9.47 Å². The van der Waals surface area contributed by atoms with Gasteiger partial charge in [0.15, 0.2) is 0 Å². The van der Waals surface area contributed by atoms with Crippen molar-refractivity contribution in [1.82, 2.24) is 0 Å². The van der Waals surface area contributed by atoms with E-state index in [2.05, 4.69) is 47.8 Å². The summed E-state index contributed by atoms with van der Waals surface area (Å²) in [6, 6.07) is 3.45. The summed E-state index contributed by atoms with van der Waals surface area (Å²) in [6.45, 7) is 2.63. The van der Waals surface area contributed by atoms with Gasteiger partial charge in [0.05, 0.1) is 27.7 Å². The molecule has 0 atom stereocenters. The fourth-order valence-corrected chi connectivity index (χ4v) is 2.67. The van der Waals surface area contributed by atoms with E-state index in [9.17, 15) is 4.79 Å². The van der Waals surface area contributed by atoms with Gasteiger partial charge in [0.25, 0.3) is 0 Å². The van der Waals surface area contributed by atoms with Gasteiger partial charge in [-0.2, -0.15) is 0 Å². The summed E-state index contributed by atoms with van der Waals surface area (Å²) >= 11 is 10.0. The Labute approximate surface area is 125 Å². The third kappa shape index (κ3) is 3.96. The van der Waals surface area contributed by atoms with Crippen LogP contribution >= 0.6 is 47.8 Å². The summed E-state index contributed by atoms with van der Waals surface area (Å²) in [4.78, 5) is 11.7. The zero-order chi connectivity index (χ0) is 12.8. The molecule has 0 bridgehead atoms. The van der Waals surface area contributed by atoms with Crippen molar-refractivity contribution in [2.45, 2.75) is 6.92 Å². The minimum absolute atomic E-state index is 0.346. The molecule has 0 spiro atoms. The van der Waals surface area contributed by atoms with Crippen molar-refractivity contribution in [1.29, 1.82) is 0 Å². The molecule has 0 fully saturated rings. The highest BCUT2D eigenvalue weighted by Crippen LogP contribution is 2.36. The predicted molar refractivity (Wildman–Crippen MR) is 77.1 cm³/mol. The van der Waals surface area contributed by atoms with E-state index in [4.69, 9.17) is 9.47 Å². The maximum absolute atomic E-state index is 11.7. The molecule has 0 aliphatic carbocycles. The fourth-order valence-electron chi connectivity index (χ4n) is 1.17. The van der Waals surface area contributed by atoms with Crippen molar-refractivity contribution in [2.24, 2.45) is 0 Å². The van der Waals surface area contributed by atoms with Crippen molar-refractivity contribution >= 4 is 53.8 Å². The Bertz CT molecular complexity index is 407. The van der Waals surface area contributed by atoms with Crippen molar-refractivity contribution in [3.8, 4) is 5.75 Å². The summed E-state index contributed by atoms with van der Waals surface area (Å²) in [6.07, 6.45) is 0. The number of carbonyl (C=O) groups excluding carboxylic acids is 1. The monoisotopic (exact) mass is 428 g/mol. The van der Waals surface area contributed by atoms with Crippen LogP contribution in [0.4, 0.5) is 0 Å². The number of alkyl halides is 1. The van der Waals surface area contributed by atoms with Crippen molar-refractivity contribution in [3.05, 3.63) is 26.6 Å². The summed E-state index contributed by atoms with van der Waals surface area (Å²) in [5.41, 5.74) is 0.458. The average Bonchev–Trinajstić information content (AvgIpc) is 2.29. The Morgan fingerprint density at radius 2 is 2.06 bits per heavy atom. The van der Waals surface area contributed by atoms with E-state index in [1.165, 1.54) is 0 Å². The number of rotatable bonds is 5. The molecule has 0 aliphatic rings. The smallest absolute Gasteiger partial charge is 0.339 e. The molecule has 6 heteroatoms. The van der Waals surface area contributed by atoms with Crippen LogP contribution in [0.15, 0.2) is 21.1 Å². The standard InChI is InChI=1S/C11H11Br3O3/c1-2-16-11(15)7-3-4-8(13)10(9(7)14)17-6-5-12/h3-4H,2,5-6H2,1H3. The molecule has 0 aromatic heterocycles. The largest absolute Gasteiger partial charge is 0.490 e. The molecule has 1 aromatic rings. The lowest BCUT2D eigenvalue weighted by Gasteiger charge is -2.12. The predicted octanol–water partition coefficient (Wildman–Crippen LogP) is 4.16. The highest BCUT2D eigenvalue weighted by molar-refractivity contribution is 9.11. The van der Waals surface area contributed by atoms with Crippen LogP contribution in [-0.4, -0.2) is 24.5 Å². The van der Waals surface area contributed by atoms with Crippen LogP contribution in [0.1, 0.15) is 17.3 Å².